The predicted octanol–water partition coefficient (Wildman–Crippen LogP) is 0.0566. The predicted molar refractivity (Wildman–Crippen MR) is 78.3 cm³/mol. The summed E-state index contributed by atoms with van der Waals surface area (Å²) >= 11 is 0. The summed E-state index contributed by atoms with van der Waals surface area (Å²) in [5.74, 6) is 0.733. The van der Waals surface area contributed by atoms with Crippen molar-refractivity contribution in [2.75, 3.05) is 19.3 Å². The van der Waals surface area contributed by atoms with Crippen molar-refractivity contribution >= 4 is 15.9 Å². The van der Waals surface area contributed by atoms with Crippen LogP contribution in [0.3, 0.4) is 0 Å². The molecule has 1 fully saturated rings. The average molecular weight is 315 g/mol. The van der Waals surface area contributed by atoms with E-state index < -0.39 is 10.0 Å². The Morgan fingerprint density at radius 1 is 1.48 bits per heavy atom. The van der Waals surface area contributed by atoms with Gasteiger partial charge in [-0.1, -0.05) is 6.92 Å². The molecule has 3 N–H and O–H groups in total. The van der Waals surface area contributed by atoms with E-state index in [0.717, 1.165) is 25.8 Å². The third-order valence-corrected chi connectivity index (χ3v) is 4.21. The lowest BCUT2D eigenvalue weighted by molar-refractivity contribution is 0.0885. The van der Waals surface area contributed by atoms with Gasteiger partial charge in [-0.05, 0) is 31.0 Å². The fraction of sp³-hybridized carbons (Fsp3) is 0.615. The molecule has 2 unspecified atom stereocenters. The maximum Gasteiger partial charge on any atom is 0.287 e. The van der Waals surface area contributed by atoms with Gasteiger partial charge in [-0.3, -0.25) is 4.79 Å². The number of rotatable bonds is 5. The van der Waals surface area contributed by atoms with E-state index in [-0.39, 0.29) is 24.3 Å². The molecular weight excluding hydrogens is 294 g/mol. The van der Waals surface area contributed by atoms with E-state index in [1.165, 1.54) is 0 Å². The monoisotopic (exact) mass is 315 g/mol. The quantitative estimate of drug-likeness (QED) is 0.713. The largest absolute Gasteiger partial charge is 0.455 e. The van der Waals surface area contributed by atoms with Crippen LogP contribution in [0, 0.1) is 5.92 Å². The molecule has 0 aromatic carbocycles. The summed E-state index contributed by atoms with van der Waals surface area (Å²) in [5, 5.41) is 6.18. The molecule has 0 aliphatic carbocycles. The van der Waals surface area contributed by atoms with E-state index in [2.05, 4.69) is 22.3 Å². The van der Waals surface area contributed by atoms with Crippen LogP contribution < -0.4 is 15.4 Å². The number of carbonyl (C=O) groups excluding carboxylic acids is 1. The van der Waals surface area contributed by atoms with E-state index in [1.807, 2.05) is 0 Å². The van der Waals surface area contributed by atoms with Gasteiger partial charge < -0.3 is 15.1 Å². The maximum atomic E-state index is 12.1. The van der Waals surface area contributed by atoms with Crippen LogP contribution in [0.25, 0.3) is 0 Å². The lowest BCUT2D eigenvalue weighted by atomic mass is 9.95. The number of nitrogens with one attached hydrogen (secondary N) is 3. The molecular formula is C13H21N3O4S. The first-order valence-electron chi connectivity index (χ1n) is 6.90. The van der Waals surface area contributed by atoms with Crippen molar-refractivity contribution in [2.45, 2.75) is 25.9 Å². The Morgan fingerprint density at radius 2 is 2.24 bits per heavy atom. The van der Waals surface area contributed by atoms with Crippen LogP contribution in [0.4, 0.5) is 0 Å². The first-order chi connectivity index (χ1) is 9.85. The first kappa shape index (κ1) is 16.0. The molecule has 1 saturated heterocycles. The lowest BCUT2D eigenvalue weighted by Crippen LogP contribution is -2.50. The number of hydrogen-bond donors (Lipinski definition) is 3. The topological polar surface area (TPSA) is 100 Å². The third kappa shape index (κ3) is 4.83. The van der Waals surface area contributed by atoms with Crippen molar-refractivity contribution in [2.24, 2.45) is 5.92 Å². The van der Waals surface area contributed by atoms with Gasteiger partial charge in [0.25, 0.3) is 5.91 Å². The molecule has 1 amide bonds. The van der Waals surface area contributed by atoms with Gasteiger partial charge in [0.15, 0.2) is 5.76 Å². The second kappa shape index (κ2) is 6.59. The van der Waals surface area contributed by atoms with Crippen LogP contribution >= 0.6 is 0 Å². The SMILES string of the molecule is CC1CCNCC1NC(=O)c1ccc(CNS(C)(=O)=O)o1. The Morgan fingerprint density at radius 3 is 2.90 bits per heavy atom. The molecule has 0 bridgehead atoms. The first-order valence-corrected chi connectivity index (χ1v) is 8.79. The zero-order valence-electron chi connectivity index (χ0n) is 12.2. The second-order valence-corrected chi connectivity index (χ2v) is 7.24. The van der Waals surface area contributed by atoms with Gasteiger partial charge in [0.1, 0.15) is 5.76 Å². The Hall–Kier alpha value is -1.38. The summed E-state index contributed by atoms with van der Waals surface area (Å²) < 4.78 is 29.7. The van der Waals surface area contributed by atoms with E-state index >= 15 is 0 Å². The smallest absolute Gasteiger partial charge is 0.287 e. The van der Waals surface area contributed by atoms with Crippen molar-refractivity contribution in [3.8, 4) is 0 Å². The summed E-state index contributed by atoms with van der Waals surface area (Å²) in [5.41, 5.74) is 0. The van der Waals surface area contributed by atoms with Crippen LogP contribution in [0.15, 0.2) is 16.5 Å². The van der Waals surface area contributed by atoms with Gasteiger partial charge in [0.2, 0.25) is 10.0 Å². The lowest BCUT2D eigenvalue weighted by Gasteiger charge is -2.29. The molecule has 8 heteroatoms. The molecule has 1 aliphatic rings. The average Bonchev–Trinajstić information content (AvgIpc) is 2.87. The maximum absolute atomic E-state index is 12.1. The molecule has 0 radical (unpaired) electrons. The molecule has 1 aromatic heterocycles. The van der Waals surface area contributed by atoms with Crippen LogP contribution in [-0.4, -0.2) is 39.7 Å². The fourth-order valence-corrected chi connectivity index (χ4v) is 2.62. The van der Waals surface area contributed by atoms with E-state index in [4.69, 9.17) is 4.42 Å². The molecule has 1 aromatic rings. The van der Waals surface area contributed by atoms with Crippen LogP contribution in [0.1, 0.15) is 29.7 Å². The number of piperidine rings is 1. The van der Waals surface area contributed by atoms with Crippen LogP contribution in [0.2, 0.25) is 0 Å². The Balaban J connectivity index is 1.92. The molecule has 2 heterocycles. The zero-order chi connectivity index (χ0) is 15.5. The van der Waals surface area contributed by atoms with Crippen molar-refractivity contribution in [1.82, 2.24) is 15.4 Å². The number of hydrogen-bond acceptors (Lipinski definition) is 5. The van der Waals surface area contributed by atoms with E-state index in [9.17, 15) is 13.2 Å². The highest BCUT2D eigenvalue weighted by Crippen LogP contribution is 2.13. The normalized spacial score (nSPS) is 23.0. The number of carbonyl (C=O) groups is 1. The molecule has 7 nitrogen and oxygen atoms in total. The van der Waals surface area contributed by atoms with Crippen LogP contribution in [0.5, 0.6) is 0 Å². The van der Waals surface area contributed by atoms with Gasteiger partial charge in [0.05, 0.1) is 12.8 Å². The zero-order valence-corrected chi connectivity index (χ0v) is 13.0. The summed E-state index contributed by atoms with van der Waals surface area (Å²) in [6, 6.07) is 3.22. The number of sulfonamides is 1. The summed E-state index contributed by atoms with van der Waals surface area (Å²) in [7, 11) is -3.28. The van der Waals surface area contributed by atoms with Crippen molar-refractivity contribution in [3.05, 3.63) is 23.7 Å². The molecule has 21 heavy (non-hydrogen) atoms. The standard InChI is InChI=1S/C13H21N3O4S/c1-9-5-6-14-8-11(9)16-13(17)12-4-3-10(20-12)7-15-21(2,18)19/h3-4,9,11,14-15H,5-8H2,1-2H3,(H,16,17). The van der Waals surface area contributed by atoms with Crippen molar-refractivity contribution in [1.29, 1.82) is 0 Å². The van der Waals surface area contributed by atoms with Crippen LogP contribution in [-0.2, 0) is 16.6 Å². The van der Waals surface area contributed by atoms with E-state index in [1.54, 1.807) is 12.1 Å². The minimum atomic E-state index is -3.28. The summed E-state index contributed by atoms with van der Waals surface area (Å²) in [4.78, 5) is 12.1. The molecule has 1 aliphatic heterocycles. The van der Waals surface area contributed by atoms with E-state index in [0.29, 0.717) is 11.7 Å². The highest BCUT2D eigenvalue weighted by Gasteiger charge is 2.24. The molecule has 118 valence electrons. The molecule has 0 spiro atoms. The Kier molecular flexibility index (Phi) is 5.02. The van der Waals surface area contributed by atoms with Gasteiger partial charge >= 0.3 is 0 Å². The highest BCUT2D eigenvalue weighted by molar-refractivity contribution is 7.88. The Labute approximate surface area is 124 Å². The van der Waals surface area contributed by atoms with Gasteiger partial charge in [-0.2, -0.15) is 0 Å². The number of amides is 1. The highest BCUT2D eigenvalue weighted by atomic mass is 32.2. The fourth-order valence-electron chi connectivity index (χ4n) is 2.22. The number of furan rings is 1. The van der Waals surface area contributed by atoms with Crippen molar-refractivity contribution in [3.63, 3.8) is 0 Å². The van der Waals surface area contributed by atoms with Crippen molar-refractivity contribution < 1.29 is 17.6 Å². The minimum Gasteiger partial charge on any atom is -0.455 e. The minimum absolute atomic E-state index is 0.0352. The van der Waals surface area contributed by atoms with Gasteiger partial charge in [-0.15, -0.1) is 0 Å². The third-order valence-electron chi connectivity index (χ3n) is 3.54. The Bertz CT molecular complexity index is 596. The second-order valence-electron chi connectivity index (χ2n) is 5.41. The molecule has 2 rings (SSSR count). The summed E-state index contributed by atoms with van der Waals surface area (Å²) in [6.45, 7) is 3.86. The molecule has 2 atom stereocenters. The van der Waals surface area contributed by atoms with Gasteiger partial charge in [0, 0.05) is 12.6 Å². The van der Waals surface area contributed by atoms with Gasteiger partial charge in [-0.25, -0.2) is 13.1 Å². The molecule has 0 saturated carbocycles. The summed E-state index contributed by atoms with van der Waals surface area (Å²) in [6.07, 6.45) is 2.09.